The molecule has 1 unspecified atom stereocenters. The van der Waals surface area contributed by atoms with Crippen molar-refractivity contribution in [2.75, 3.05) is 37.7 Å². The van der Waals surface area contributed by atoms with Gasteiger partial charge in [0.2, 0.25) is 5.91 Å². The lowest BCUT2D eigenvalue weighted by Crippen LogP contribution is -2.50. The normalized spacial score (nSPS) is 16.8. The number of piperidine rings is 1. The quantitative estimate of drug-likeness (QED) is 0.570. The number of carbonyl (C=O) groups excluding carboxylic acids is 1. The van der Waals surface area contributed by atoms with Gasteiger partial charge in [-0.05, 0) is 57.0 Å². The number of para-hydroxylation sites is 1. The molecule has 0 aromatic heterocycles. The summed E-state index contributed by atoms with van der Waals surface area (Å²) >= 11 is 0. The molecule has 0 aliphatic carbocycles. The number of benzene rings is 2. The molecule has 33 heavy (non-hydrogen) atoms. The number of nitrogens with zero attached hydrogens (tertiary/aromatic N) is 2. The molecule has 1 amide bonds. The number of rotatable bonds is 10. The Bertz CT molecular complexity index is 1030. The van der Waals surface area contributed by atoms with Gasteiger partial charge in [-0.2, -0.15) is 12.7 Å². The molecule has 1 atom stereocenters. The van der Waals surface area contributed by atoms with E-state index < -0.39 is 16.1 Å². The standard InChI is InChI=1S/C24H33N3O5S/c1-4-27(21-12-14-22(31-3)15-13-21)33(29,30)26-16-8-10-20(18-26)24(28)25-17-19-9-6-7-11-23(19)32-5-2/h6-7,9,11-15,20H,4-5,8,10,16-18H2,1-3H3,(H,25,28). The summed E-state index contributed by atoms with van der Waals surface area (Å²) in [4.78, 5) is 12.9. The minimum absolute atomic E-state index is 0.145. The van der Waals surface area contributed by atoms with Gasteiger partial charge in [0.1, 0.15) is 11.5 Å². The number of hydrogen-bond acceptors (Lipinski definition) is 5. The van der Waals surface area contributed by atoms with E-state index in [4.69, 9.17) is 9.47 Å². The summed E-state index contributed by atoms with van der Waals surface area (Å²) in [7, 11) is -2.20. The van der Waals surface area contributed by atoms with E-state index in [1.165, 1.54) is 8.61 Å². The van der Waals surface area contributed by atoms with Gasteiger partial charge in [-0.25, -0.2) is 0 Å². The van der Waals surface area contributed by atoms with Crippen molar-refractivity contribution >= 4 is 21.8 Å². The lowest BCUT2D eigenvalue weighted by molar-refractivity contribution is -0.126. The van der Waals surface area contributed by atoms with E-state index in [-0.39, 0.29) is 19.0 Å². The second kappa shape index (κ2) is 11.4. The Hall–Kier alpha value is -2.78. The molecule has 3 rings (SSSR count). The molecular formula is C24H33N3O5S. The number of anilines is 1. The molecule has 1 aliphatic rings. The Labute approximate surface area is 196 Å². The van der Waals surface area contributed by atoms with Crippen LogP contribution in [0.3, 0.4) is 0 Å². The molecular weight excluding hydrogens is 442 g/mol. The lowest BCUT2D eigenvalue weighted by Gasteiger charge is -2.35. The van der Waals surface area contributed by atoms with E-state index in [0.29, 0.717) is 44.0 Å². The number of methoxy groups -OCH3 is 1. The molecule has 0 saturated carbocycles. The minimum Gasteiger partial charge on any atom is -0.497 e. The Balaban J connectivity index is 1.67. The van der Waals surface area contributed by atoms with E-state index in [1.54, 1.807) is 38.3 Å². The molecule has 1 N–H and O–H groups in total. The van der Waals surface area contributed by atoms with Crippen molar-refractivity contribution in [2.45, 2.75) is 33.2 Å². The van der Waals surface area contributed by atoms with E-state index >= 15 is 0 Å². The van der Waals surface area contributed by atoms with Crippen molar-refractivity contribution < 1.29 is 22.7 Å². The predicted octanol–water partition coefficient (Wildman–Crippen LogP) is 3.19. The van der Waals surface area contributed by atoms with Crippen molar-refractivity contribution in [2.24, 2.45) is 5.92 Å². The summed E-state index contributed by atoms with van der Waals surface area (Å²) in [5.41, 5.74) is 1.46. The highest BCUT2D eigenvalue weighted by Crippen LogP contribution is 2.27. The molecule has 1 heterocycles. The number of nitrogens with one attached hydrogen (secondary N) is 1. The third-order valence-electron chi connectivity index (χ3n) is 5.73. The molecule has 0 bridgehead atoms. The Kier molecular flexibility index (Phi) is 8.57. The van der Waals surface area contributed by atoms with Gasteiger partial charge in [-0.3, -0.25) is 9.10 Å². The summed E-state index contributed by atoms with van der Waals surface area (Å²) < 4.78 is 40.4. The Morgan fingerprint density at radius 2 is 1.88 bits per heavy atom. The van der Waals surface area contributed by atoms with Crippen LogP contribution in [0.5, 0.6) is 11.5 Å². The number of ether oxygens (including phenoxy) is 2. The van der Waals surface area contributed by atoms with Crippen LogP contribution in [0.15, 0.2) is 48.5 Å². The van der Waals surface area contributed by atoms with Gasteiger partial charge in [-0.1, -0.05) is 18.2 Å². The highest BCUT2D eigenvalue weighted by atomic mass is 32.2. The van der Waals surface area contributed by atoms with Crippen LogP contribution in [-0.2, 0) is 21.5 Å². The van der Waals surface area contributed by atoms with Gasteiger partial charge >= 0.3 is 10.2 Å². The summed E-state index contributed by atoms with van der Waals surface area (Å²) in [6.45, 7) is 5.44. The van der Waals surface area contributed by atoms with Gasteiger partial charge in [0.25, 0.3) is 0 Å². The maximum atomic E-state index is 13.4. The minimum atomic E-state index is -3.77. The molecule has 180 valence electrons. The largest absolute Gasteiger partial charge is 0.497 e. The first kappa shape index (κ1) is 24.9. The zero-order valence-corrected chi connectivity index (χ0v) is 20.3. The predicted molar refractivity (Wildman–Crippen MR) is 129 cm³/mol. The summed E-state index contributed by atoms with van der Waals surface area (Å²) in [6.07, 6.45) is 1.28. The Morgan fingerprint density at radius 3 is 2.55 bits per heavy atom. The first-order chi connectivity index (χ1) is 15.9. The van der Waals surface area contributed by atoms with Crippen molar-refractivity contribution in [3.63, 3.8) is 0 Å². The molecule has 1 fully saturated rings. The fraction of sp³-hybridized carbons (Fsp3) is 0.458. The molecule has 2 aromatic carbocycles. The number of amides is 1. The SMILES string of the molecule is CCOc1ccccc1CNC(=O)C1CCCN(S(=O)(=O)N(CC)c2ccc(OC)cc2)C1. The smallest absolute Gasteiger partial charge is 0.304 e. The van der Waals surface area contributed by atoms with Crippen LogP contribution in [0.25, 0.3) is 0 Å². The maximum absolute atomic E-state index is 13.4. The third-order valence-corrected chi connectivity index (χ3v) is 7.74. The zero-order valence-electron chi connectivity index (χ0n) is 19.5. The second-order valence-corrected chi connectivity index (χ2v) is 9.68. The van der Waals surface area contributed by atoms with Crippen LogP contribution >= 0.6 is 0 Å². The fourth-order valence-corrected chi connectivity index (χ4v) is 5.73. The van der Waals surface area contributed by atoms with Crippen LogP contribution in [0.2, 0.25) is 0 Å². The first-order valence-electron chi connectivity index (χ1n) is 11.3. The van der Waals surface area contributed by atoms with E-state index in [0.717, 1.165) is 11.3 Å². The topological polar surface area (TPSA) is 88.2 Å². The number of hydrogen-bond donors (Lipinski definition) is 1. The average molecular weight is 476 g/mol. The summed E-state index contributed by atoms with van der Waals surface area (Å²) in [5, 5.41) is 2.96. The van der Waals surface area contributed by atoms with E-state index in [1.807, 2.05) is 31.2 Å². The molecule has 2 aromatic rings. The molecule has 0 spiro atoms. The van der Waals surface area contributed by atoms with Crippen LogP contribution in [0, 0.1) is 5.92 Å². The van der Waals surface area contributed by atoms with Crippen molar-refractivity contribution in [3.8, 4) is 11.5 Å². The first-order valence-corrected chi connectivity index (χ1v) is 12.7. The molecule has 0 radical (unpaired) electrons. The van der Waals surface area contributed by atoms with E-state index in [2.05, 4.69) is 5.32 Å². The highest BCUT2D eigenvalue weighted by Gasteiger charge is 2.35. The van der Waals surface area contributed by atoms with Crippen molar-refractivity contribution in [3.05, 3.63) is 54.1 Å². The number of carbonyl (C=O) groups is 1. The summed E-state index contributed by atoms with van der Waals surface area (Å²) in [5.74, 6) is 0.857. The average Bonchev–Trinajstić information content (AvgIpc) is 2.84. The molecule has 8 nitrogen and oxygen atoms in total. The second-order valence-electron chi connectivity index (χ2n) is 7.83. The lowest BCUT2D eigenvalue weighted by atomic mass is 9.98. The van der Waals surface area contributed by atoms with Gasteiger partial charge < -0.3 is 14.8 Å². The zero-order chi connectivity index (χ0) is 23.8. The molecule has 1 aliphatic heterocycles. The van der Waals surface area contributed by atoms with E-state index in [9.17, 15) is 13.2 Å². The fourth-order valence-electron chi connectivity index (χ4n) is 4.01. The van der Waals surface area contributed by atoms with Gasteiger partial charge in [0.15, 0.2) is 0 Å². The van der Waals surface area contributed by atoms with Gasteiger partial charge in [0, 0.05) is 31.7 Å². The molecule has 1 saturated heterocycles. The third kappa shape index (κ3) is 5.97. The van der Waals surface area contributed by atoms with Crippen molar-refractivity contribution in [1.82, 2.24) is 9.62 Å². The summed E-state index contributed by atoms with van der Waals surface area (Å²) in [6, 6.07) is 14.5. The van der Waals surface area contributed by atoms with Crippen LogP contribution in [-0.4, -0.2) is 52.0 Å². The van der Waals surface area contributed by atoms with Crippen LogP contribution in [0.1, 0.15) is 32.3 Å². The van der Waals surface area contributed by atoms with Crippen LogP contribution < -0.4 is 19.1 Å². The van der Waals surface area contributed by atoms with Crippen LogP contribution in [0.4, 0.5) is 5.69 Å². The van der Waals surface area contributed by atoms with Gasteiger partial charge in [-0.15, -0.1) is 0 Å². The van der Waals surface area contributed by atoms with Gasteiger partial charge in [0.05, 0.1) is 25.3 Å². The maximum Gasteiger partial charge on any atom is 0.304 e. The molecule has 9 heteroatoms. The Morgan fingerprint density at radius 1 is 1.15 bits per heavy atom. The monoisotopic (exact) mass is 475 g/mol. The highest BCUT2D eigenvalue weighted by molar-refractivity contribution is 7.90. The van der Waals surface area contributed by atoms with Crippen molar-refractivity contribution in [1.29, 1.82) is 0 Å².